The third-order valence-electron chi connectivity index (χ3n) is 2.09. The molecule has 0 unspecified atom stereocenters. The van der Waals surface area contributed by atoms with E-state index in [2.05, 4.69) is 17.7 Å². The number of rotatable bonds is 8. The highest BCUT2D eigenvalue weighted by Gasteiger charge is 1.91. The number of hydrogen-bond donors (Lipinski definition) is 1. The summed E-state index contributed by atoms with van der Waals surface area (Å²) >= 11 is 0. The largest absolute Gasteiger partial charge is 0.370 e. The molecule has 0 aromatic carbocycles. The maximum Gasteiger partial charge on any atom is 0.348 e. The third kappa shape index (κ3) is 9.26. The first-order chi connectivity index (χ1) is 6.81. The first kappa shape index (κ1) is 13.2. The zero-order valence-electron chi connectivity index (χ0n) is 9.00. The van der Waals surface area contributed by atoms with Crippen LogP contribution in [0.1, 0.15) is 51.9 Å². The van der Waals surface area contributed by atoms with Crippen LogP contribution in [0.5, 0.6) is 0 Å². The van der Waals surface area contributed by atoms with Gasteiger partial charge in [0.15, 0.2) is 0 Å². The summed E-state index contributed by atoms with van der Waals surface area (Å²) < 4.78 is 0. The van der Waals surface area contributed by atoms with Crippen LogP contribution in [0.2, 0.25) is 0 Å². The Hall–Kier alpha value is -0.830. The van der Waals surface area contributed by atoms with Crippen LogP contribution in [0.3, 0.4) is 0 Å². The van der Waals surface area contributed by atoms with Gasteiger partial charge in [0.1, 0.15) is 0 Å². The second-order valence-electron chi connectivity index (χ2n) is 3.40. The average Bonchev–Trinajstić information content (AvgIpc) is 2.21. The van der Waals surface area contributed by atoms with Crippen LogP contribution in [-0.2, 0) is 9.63 Å². The van der Waals surface area contributed by atoms with Gasteiger partial charge in [-0.15, -0.1) is 0 Å². The Labute approximate surface area is 86.3 Å². The van der Waals surface area contributed by atoms with Crippen LogP contribution < -0.4 is 5.90 Å². The normalized spacial score (nSPS) is 10.7. The minimum absolute atomic E-state index is 0.476. The molecule has 2 N–H and O–H groups in total. The fourth-order valence-electron chi connectivity index (χ4n) is 1.26. The Morgan fingerprint density at radius 3 is 2.50 bits per heavy atom. The van der Waals surface area contributed by atoms with Crippen molar-refractivity contribution in [2.24, 2.45) is 5.90 Å². The van der Waals surface area contributed by atoms with Gasteiger partial charge < -0.3 is 4.84 Å². The van der Waals surface area contributed by atoms with E-state index in [9.17, 15) is 4.79 Å². The van der Waals surface area contributed by atoms with Gasteiger partial charge in [-0.3, -0.25) is 0 Å². The van der Waals surface area contributed by atoms with Crippen molar-refractivity contribution in [3.05, 3.63) is 12.2 Å². The molecule has 0 saturated heterocycles. The number of hydrogen-bond acceptors (Lipinski definition) is 3. The molecule has 0 aromatic rings. The number of carbonyl (C=O) groups excluding carboxylic acids is 1. The molecular formula is C11H21NO2. The van der Waals surface area contributed by atoms with Crippen molar-refractivity contribution in [3.8, 4) is 0 Å². The predicted molar refractivity (Wildman–Crippen MR) is 57.4 cm³/mol. The van der Waals surface area contributed by atoms with Crippen LogP contribution in [0.4, 0.5) is 0 Å². The zero-order chi connectivity index (χ0) is 10.6. The molecular weight excluding hydrogens is 178 g/mol. The third-order valence-corrected chi connectivity index (χ3v) is 2.09. The molecule has 0 atom stereocenters. The highest BCUT2D eigenvalue weighted by atomic mass is 16.7. The first-order valence-corrected chi connectivity index (χ1v) is 5.38. The van der Waals surface area contributed by atoms with E-state index in [0.717, 1.165) is 12.8 Å². The van der Waals surface area contributed by atoms with E-state index in [0.29, 0.717) is 0 Å². The summed E-state index contributed by atoms with van der Waals surface area (Å²) in [5.74, 6) is 4.19. The molecule has 0 rings (SSSR count). The summed E-state index contributed by atoms with van der Waals surface area (Å²) in [4.78, 5) is 14.5. The SMILES string of the molecule is CCCCCCCC/C=C/C(=O)ON. The van der Waals surface area contributed by atoms with E-state index < -0.39 is 5.97 Å². The summed E-state index contributed by atoms with van der Waals surface area (Å²) in [7, 11) is 0. The molecule has 0 radical (unpaired) electrons. The molecule has 0 aliphatic heterocycles. The summed E-state index contributed by atoms with van der Waals surface area (Å²) in [5, 5.41) is 0. The Morgan fingerprint density at radius 1 is 1.21 bits per heavy atom. The van der Waals surface area contributed by atoms with Crippen molar-refractivity contribution >= 4 is 5.97 Å². The monoisotopic (exact) mass is 199 g/mol. The summed E-state index contributed by atoms with van der Waals surface area (Å²) in [6.45, 7) is 2.21. The van der Waals surface area contributed by atoms with Crippen molar-refractivity contribution in [1.29, 1.82) is 0 Å². The van der Waals surface area contributed by atoms with Gasteiger partial charge >= 0.3 is 5.97 Å². The van der Waals surface area contributed by atoms with Crippen molar-refractivity contribution in [2.75, 3.05) is 0 Å². The lowest BCUT2D eigenvalue weighted by Gasteiger charge is -1.97. The maximum absolute atomic E-state index is 10.6. The van der Waals surface area contributed by atoms with Gasteiger partial charge in [-0.25, -0.2) is 4.79 Å². The lowest BCUT2D eigenvalue weighted by Crippen LogP contribution is -2.05. The summed E-state index contributed by atoms with van der Waals surface area (Å²) in [5.41, 5.74) is 0. The molecule has 0 amide bonds. The summed E-state index contributed by atoms with van der Waals surface area (Å²) in [6, 6.07) is 0. The quantitative estimate of drug-likeness (QED) is 0.371. The van der Waals surface area contributed by atoms with Gasteiger partial charge in [-0.1, -0.05) is 45.1 Å². The second-order valence-corrected chi connectivity index (χ2v) is 3.40. The molecule has 0 heterocycles. The first-order valence-electron chi connectivity index (χ1n) is 5.38. The minimum atomic E-state index is -0.476. The molecule has 82 valence electrons. The molecule has 0 saturated carbocycles. The van der Waals surface area contributed by atoms with E-state index in [1.807, 2.05) is 6.08 Å². The van der Waals surface area contributed by atoms with Gasteiger partial charge in [0.2, 0.25) is 0 Å². The standard InChI is InChI=1S/C11H21NO2/c1-2-3-4-5-6-7-8-9-10-11(13)14-12/h9-10H,2-8,12H2,1H3/b10-9+. The lowest BCUT2D eigenvalue weighted by atomic mass is 10.1. The summed E-state index contributed by atoms with van der Waals surface area (Å²) in [6.07, 6.45) is 11.7. The average molecular weight is 199 g/mol. The van der Waals surface area contributed by atoms with Crippen LogP contribution in [-0.4, -0.2) is 5.97 Å². The maximum atomic E-state index is 10.6. The minimum Gasteiger partial charge on any atom is -0.370 e. The van der Waals surface area contributed by atoms with Crippen molar-refractivity contribution < 1.29 is 9.63 Å². The van der Waals surface area contributed by atoms with Gasteiger partial charge in [-0.05, 0) is 12.8 Å². The molecule has 0 aliphatic carbocycles. The second kappa shape index (κ2) is 10.3. The Bertz CT molecular complexity index is 167. The molecule has 0 bridgehead atoms. The fraction of sp³-hybridized carbons (Fsp3) is 0.727. The lowest BCUT2D eigenvalue weighted by molar-refractivity contribution is -0.138. The highest BCUT2D eigenvalue weighted by Crippen LogP contribution is 2.06. The Kier molecular flexibility index (Phi) is 9.64. The molecule has 3 nitrogen and oxygen atoms in total. The zero-order valence-corrected chi connectivity index (χ0v) is 9.00. The number of allylic oxidation sites excluding steroid dienone is 1. The Balaban J connectivity index is 3.13. The smallest absolute Gasteiger partial charge is 0.348 e. The van der Waals surface area contributed by atoms with Crippen molar-refractivity contribution in [1.82, 2.24) is 0 Å². The van der Waals surface area contributed by atoms with E-state index in [1.165, 1.54) is 38.2 Å². The van der Waals surface area contributed by atoms with Crippen molar-refractivity contribution in [3.63, 3.8) is 0 Å². The van der Waals surface area contributed by atoms with Gasteiger partial charge in [-0.2, -0.15) is 5.90 Å². The van der Waals surface area contributed by atoms with Crippen molar-refractivity contribution in [2.45, 2.75) is 51.9 Å². The Morgan fingerprint density at radius 2 is 1.86 bits per heavy atom. The van der Waals surface area contributed by atoms with Crippen LogP contribution in [0.25, 0.3) is 0 Å². The van der Waals surface area contributed by atoms with E-state index in [4.69, 9.17) is 0 Å². The molecule has 0 aliphatic rings. The van der Waals surface area contributed by atoms with E-state index in [-0.39, 0.29) is 0 Å². The van der Waals surface area contributed by atoms with E-state index in [1.54, 1.807) is 0 Å². The topological polar surface area (TPSA) is 52.3 Å². The van der Waals surface area contributed by atoms with Crippen LogP contribution in [0, 0.1) is 0 Å². The fourth-order valence-corrected chi connectivity index (χ4v) is 1.26. The molecule has 0 aromatic heterocycles. The van der Waals surface area contributed by atoms with Gasteiger partial charge in [0.05, 0.1) is 0 Å². The molecule has 14 heavy (non-hydrogen) atoms. The number of unbranched alkanes of at least 4 members (excludes halogenated alkanes) is 6. The molecule has 0 spiro atoms. The van der Waals surface area contributed by atoms with Gasteiger partial charge in [0, 0.05) is 6.08 Å². The molecule has 3 heteroatoms. The van der Waals surface area contributed by atoms with Crippen LogP contribution >= 0.6 is 0 Å². The van der Waals surface area contributed by atoms with Gasteiger partial charge in [0.25, 0.3) is 0 Å². The number of nitrogens with two attached hydrogens (primary N) is 1. The predicted octanol–water partition coefficient (Wildman–Crippen LogP) is 2.71. The van der Waals surface area contributed by atoms with Crippen LogP contribution in [0.15, 0.2) is 12.2 Å². The van der Waals surface area contributed by atoms with E-state index >= 15 is 0 Å². The number of carbonyl (C=O) groups is 1. The molecule has 0 fully saturated rings. The highest BCUT2D eigenvalue weighted by molar-refractivity contribution is 5.81.